The van der Waals surface area contributed by atoms with E-state index in [9.17, 15) is 4.79 Å². The number of hydrogen-bond acceptors (Lipinski definition) is 4. The molecule has 2 aromatic heterocycles. The summed E-state index contributed by atoms with van der Waals surface area (Å²) >= 11 is 0. The third-order valence-electron chi connectivity index (χ3n) is 2.87. The van der Waals surface area contributed by atoms with E-state index in [4.69, 9.17) is 14.6 Å². The highest BCUT2D eigenvalue weighted by Gasteiger charge is 2.13. The Morgan fingerprint density at radius 2 is 2.21 bits per heavy atom. The summed E-state index contributed by atoms with van der Waals surface area (Å²) < 4.78 is 10.5. The fraction of sp³-hybridized carbons (Fsp3) is 0.357. The van der Waals surface area contributed by atoms with E-state index in [1.54, 1.807) is 18.4 Å². The number of aryl methyl sites for hydroxylation is 1. The van der Waals surface area contributed by atoms with E-state index in [1.165, 1.54) is 0 Å². The van der Waals surface area contributed by atoms with Crippen LogP contribution in [0.15, 0.2) is 39.4 Å². The van der Waals surface area contributed by atoms with Crippen LogP contribution in [0.3, 0.4) is 0 Å². The van der Waals surface area contributed by atoms with E-state index in [0.717, 1.165) is 18.6 Å². The van der Waals surface area contributed by atoms with Gasteiger partial charge < -0.3 is 19.9 Å². The SMILES string of the molecule is CC(CCc1ccco1)NC(=O)c1ccc(CN)o1. The topological polar surface area (TPSA) is 81.4 Å². The van der Waals surface area contributed by atoms with Gasteiger partial charge in [-0.15, -0.1) is 0 Å². The van der Waals surface area contributed by atoms with Crippen molar-refractivity contribution in [3.8, 4) is 0 Å². The fourth-order valence-corrected chi connectivity index (χ4v) is 1.79. The summed E-state index contributed by atoms with van der Waals surface area (Å²) in [5.41, 5.74) is 5.43. The lowest BCUT2D eigenvalue weighted by atomic mass is 10.1. The Hall–Kier alpha value is -2.01. The van der Waals surface area contributed by atoms with Crippen molar-refractivity contribution in [3.63, 3.8) is 0 Å². The molecule has 5 heteroatoms. The minimum atomic E-state index is -0.216. The zero-order chi connectivity index (χ0) is 13.7. The van der Waals surface area contributed by atoms with Gasteiger partial charge in [0.1, 0.15) is 11.5 Å². The second kappa shape index (κ2) is 6.24. The quantitative estimate of drug-likeness (QED) is 0.835. The summed E-state index contributed by atoms with van der Waals surface area (Å²) in [6.45, 7) is 2.24. The van der Waals surface area contributed by atoms with E-state index in [2.05, 4.69) is 5.32 Å². The maximum Gasteiger partial charge on any atom is 0.287 e. The van der Waals surface area contributed by atoms with Crippen molar-refractivity contribution in [1.29, 1.82) is 0 Å². The Kier molecular flexibility index (Phi) is 4.41. The van der Waals surface area contributed by atoms with Crippen LogP contribution in [0.1, 0.15) is 35.4 Å². The molecule has 0 aliphatic heterocycles. The third kappa shape index (κ3) is 3.72. The van der Waals surface area contributed by atoms with Crippen molar-refractivity contribution in [2.45, 2.75) is 32.4 Å². The summed E-state index contributed by atoms with van der Waals surface area (Å²) in [5.74, 6) is 1.61. The van der Waals surface area contributed by atoms with E-state index in [1.807, 2.05) is 19.1 Å². The smallest absolute Gasteiger partial charge is 0.287 e. The number of amides is 1. The molecule has 1 atom stereocenters. The molecule has 2 rings (SSSR count). The molecule has 0 spiro atoms. The fourth-order valence-electron chi connectivity index (χ4n) is 1.79. The first-order valence-corrected chi connectivity index (χ1v) is 6.31. The molecule has 1 unspecified atom stereocenters. The monoisotopic (exact) mass is 262 g/mol. The lowest BCUT2D eigenvalue weighted by Crippen LogP contribution is -2.32. The van der Waals surface area contributed by atoms with Crippen LogP contribution in [0.4, 0.5) is 0 Å². The first kappa shape index (κ1) is 13.4. The van der Waals surface area contributed by atoms with E-state index in [0.29, 0.717) is 18.1 Å². The average molecular weight is 262 g/mol. The largest absolute Gasteiger partial charge is 0.469 e. The minimum absolute atomic E-state index is 0.0454. The van der Waals surface area contributed by atoms with Gasteiger partial charge in [0.2, 0.25) is 0 Å². The van der Waals surface area contributed by atoms with Crippen LogP contribution in [-0.4, -0.2) is 11.9 Å². The van der Waals surface area contributed by atoms with Crippen LogP contribution in [0.25, 0.3) is 0 Å². The number of carbonyl (C=O) groups is 1. The molecule has 0 bridgehead atoms. The molecule has 1 amide bonds. The molecule has 0 saturated carbocycles. The highest BCUT2D eigenvalue weighted by atomic mass is 16.4. The Morgan fingerprint density at radius 3 is 2.84 bits per heavy atom. The second-order valence-electron chi connectivity index (χ2n) is 4.46. The maximum atomic E-state index is 11.9. The normalized spacial score (nSPS) is 12.3. The maximum absolute atomic E-state index is 11.9. The van der Waals surface area contributed by atoms with Crippen LogP contribution >= 0.6 is 0 Å². The van der Waals surface area contributed by atoms with Gasteiger partial charge in [-0.05, 0) is 37.6 Å². The van der Waals surface area contributed by atoms with Crippen molar-refractivity contribution in [1.82, 2.24) is 5.32 Å². The van der Waals surface area contributed by atoms with Gasteiger partial charge in [-0.25, -0.2) is 0 Å². The minimum Gasteiger partial charge on any atom is -0.469 e. The first-order chi connectivity index (χ1) is 9.19. The van der Waals surface area contributed by atoms with Crippen LogP contribution in [0, 0.1) is 0 Å². The van der Waals surface area contributed by atoms with Crippen molar-refractivity contribution in [2.24, 2.45) is 5.73 Å². The summed E-state index contributed by atoms with van der Waals surface area (Å²) in [7, 11) is 0. The van der Waals surface area contributed by atoms with Crippen molar-refractivity contribution < 1.29 is 13.6 Å². The van der Waals surface area contributed by atoms with Crippen molar-refractivity contribution in [3.05, 3.63) is 47.8 Å². The summed E-state index contributed by atoms with van der Waals surface area (Å²) in [6.07, 6.45) is 3.25. The van der Waals surface area contributed by atoms with Gasteiger partial charge in [0, 0.05) is 12.5 Å². The number of rotatable bonds is 6. The highest BCUT2D eigenvalue weighted by molar-refractivity contribution is 5.91. The van der Waals surface area contributed by atoms with Crippen molar-refractivity contribution in [2.75, 3.05) is 0 Å². The number of furan rings is 2. The van der Waals surface area contributed by atoms with Crippen LogP contribution in [0.5, 0.6) is 0 Å². The molecule has 19 heavy (non-hydrogen) atoms. The van der Waals surface area contributed by atoms with E-state index >= 15 is 0 Å². The molecular weight excluding hydrogens is 244 g/mol. The van der Waals surface area contributed by atoms with Gasteiger partial charge in [-0.1, -0.05) is 0 Å². The van der Waals surface area contributed by atoms with Gasteiger partial charge >= 0.3 is 0 Å². The van der Waals surface area contributed by atoms with Gasteiger partial charge in [0.25, 0.3) is 5.91 Å². The molecule has 2 aromatic rings. The number of nitrogens with two attached hydrogens (primary N) is 1. The molecular formula is C14H18N2O3. The van der Waals surface area contributed by atoms with Gasteiger partial charge in [-0.2, -0.15) is 0 Å². The Balaban J connectivity index is 1.81. The van der Waals surface area contributed by atoms with Crippen LogP contribution in [-0.2, 0) is 13.0 Å². The van der Waals surface area contributed by atoms with Crippen LogP contribution < -0.4 is 11.1 Å². The average Bonchev–Trinajstić information content (AvgIpc) is 3.07. The second-order valence-corrected chi connectivity index (χ2v) is 4.46. The number of carbonyl (C=O) groups excluding carboxylic acids is 1. The van der Waals surface area contributed by atoms with Gasteiger partial charge in [0.15, 0.2) is 5.76 Å². The molecule has 0 radical (unpaired) electrons. The van der Waals surface area contributed by atoms with E-state index < -0.39 is 0 Å². The highest BCUT2D eigenvalue weighted by Crippen LogP contribution is 2.09. The predicted octanol–water partition coefficient (Wildman–Crippen LogP) is 2.08. The lowest BCUT2D eigenvalue weighted by molar-refractivity contribution is 0.0908. The van der Waals surface area contributed by atoms with Gasteiger partial charge in [0.05, 0.1) is 12.8 Å². The molecule has 5 nitrogen and oxygen atoms in total. The lowest BCUT2D eigenvalue weighted by Gasteiger charge is -2.11. The van der Waals surface area contributed by atoms with Crippen molar-refractivity contribution >= 4 is 5.91 Å². The molecule has 102 valence electrons. The summed E-state index contributed by atoms with van der Waals surface area (Å²) in [6, 6.07) is 7.17. The molecule has 0 aliphatic rings. The summed E-state index contributed by atoms with van der Waals surface area (Å²) in [5, 5.41) is 2.88. The molecule has 2 heterocycles. The first-order valence-electron chi connectivity index (χ1n) is 6.31. The number of hydrogen-bond donors (Lipinski definition) is 2. The predicted molar refractivity (Wildman–Crippen MR) is 70.6 cm³/mol. The Bertz CT molecular complexity index is 517. The Labute approximate surface area is 111 Å². The molecule has 3 N–H and O–H groups in total. The zero-order valence-corrected chi connectivity index (χ0v) is 10.9. The molecule has 0 fully saturated rings. The standard InChI is InChI=1S/C14H18N2O3/c1-10(4-5-11-3-2-8-18-11)16-14(17)13-7-6-12(9-15)19-13/h2-3,6-8,10H,4-5,9,15H2,1H3,(H,16,17). The van der Waals surface area contributed by atoms with Crippen LogP contribution in [0.2, 0.25) is 0 Å². The molecule has 0 saturated heterocycles. The van der Waals surface area contributed by atoms with E-state index in [-0.39, 0.29) is 11.9 Å². The van der Waals surface area contributed by atoms with Gasteiger partial charge in [-0.3, -0.25) is 4.79 Å². The third-order valence-corrected chi connectivity index (χ3v) is 2.87. The number of nitrogens with one attached hydrogen (secondary N) is 1. The zero-order valence-electron chi connectivity index (χ0n) is 10.9. The summed E-state index contributed by atoms with van der Waals surface area (Å²) in [4.78, 5) is 11.9. The molecule has 0 aromatic carbocycles. The Morgan fingerprint density at radius 1 is 1.37 bits per heavy atom. The molecule has 0 aliphatic carbocycles.